The number of carboxylic acid groups (broad SMARTS) is 1. The summed E-state index contributed by atoms with van der Waals surface area (Å²) in [6, 6.07) is 16.0. The highest BCUT2D eigenvalue weighted by Crippen LogP contribution is 2.28. The minimum atomic E-state index is -1.10. The van der Waals surface area contributed by atoms with Crippen LogP contribution in [-0.4, -0.2) is 50.4 Å². The Hall–Kier alpha value is -4.31. The molecule has 2 aromatic heterocycles. The molecule has 2 N–H and O–H groups in total. The van der Waals surface area contributed by atoms with Crippen molar-refractivity contribution >= 4 is 17.1 Å². The molecule has 0 saturated heterocycles. The molecule has 1 aliphatic carbocycles. The van der Waals surface area contributed by atoms with Crippen molar-refractivity contribution in [1.82, 2.24) is 24.3 Å². The van der Waals surface area contributed by atoms with Crippen LogP contribution in [0.1, 0.15) is 37.3 Å². The summed E-state index contributed by atoms with van der Waals surface area (Å²) in [5.74, 6) is -0.669. The Morgan fingerprint density at radius 3 is 2.44 bits per heavy atom. The van der Waals surface area contributed by atoms with Gasteiger partial charge in [0.05, 0.1) is 17.3 Å². The molecular weight excluding hydrogens is 501 g/mol. The van der Waals surface area contributed by atoms with Crippen LogP contribution in [-0.2, 0) is 6.54 Å². The molecule has 0 atom stereocenters. The van der Waals surface area contributed by atoms with Gasteiger partial charge in [0.15, 0.2) is 5.65 Å². The van der Waals surface area contributed by atoms with E-state index in [1.165, 1.54) is 14.7 Å². The molecule has 1 saturated carbocycles. The molecule has 1 fully saturated rings. The summed E-state index contributed by atoms with van der Waals surface area (Å²) >= 11 is 0. The number of halogens is 1. The van der Waals surface area contributed by atoms with Gasteiger partial charge in [0.1, 0.15) is 5.82 Å². The van der Waals surface area contributed by atoms with Gasteiger partial charge in [0.25, 0.3) is 5.56 Å². The summed E-state index contributed by atoms with van der Waals surface area (Å²) in [7, 11) is 4.02. The number of nitrogens with one attached hydrogen (secondary N) is 1. The SMILES string of the molecule is CN(C)Cc1ccc(-c2cccc(-n3c(=O)n([C@H]4CC[C@@H](NC(=O)O)CC4)c(=O)c4cc(F)cnc43)c2)cc1. The molecule has 2 aromatic carbocycles. The van der Waals surface area contributed by atoms with Crippen LogP contribution in [0.3, 0.4) is 0 Å². The van der Waals surface area contributed by atoms with E-state index in [4.69, 9.17) is 5.11 Å². The van der Waals surface area contributed by atoms with Crippen molar-refractivity contribution in [1.29, 1.82) is 0 Å². The van der Waals surface area contributed by atoms with E-state index in [1.807, 2.05) is 44.4 Å². The lowest BCUT2D eigenvalue weighted by Gasteiger charge is -2.29. The zero-order valence-electron chi connectivity index (χ0n) is 21.8. The van der Waals surface area contributed by atoms with Crippen LogP contribution in [0.25, 0.3) is 27.8 Å². The van der Waals surface area contributed by atoms with E-state index in [2.05, 4.69) is 27.3 Å². The third-order valence-corrected chi connectivity index (χ3v) is 7.17. The molecular formula is C29H30FN5O4. The monoisotopic (exact) mass is 531 g/mol. The molecule has 9 nitrogen and oxygen atoms in total. The zero-order chi connectivity index (χ0) is 27.7. The molecule has 2 heterocycles. The lowest BCUT2D eigenvalue weighted by molar-refractivity contribution is 0.182. The second kappa shape index (κ2) is 10.8. The van der Waals surface area contributed by atoms with Gasteiger partial charge >= 0.3 is 11.8 Å². The van der Waals surface area contributed by atoms with Crippen molar-refractivity contribution in [3.63, 3.8) is 0 Å². The summed E-state index contributed by atoms with van der Waals surface area (Å²) < 4.78 is 16.8. The van der Waals surface area contributed by atoms with E-state index in [9.17, 15) is 18.8 Å². The molecule has 0 radical (unpaired) electrons. The Bertz CT molecular complexity index is 1640. The Balaban J connectivity index is 1.59. The number of rotatable bonds is 6. The van der Waals surface area contributed by atoms with E-state index in [0.29, 0.717) is 31.4 Å². The Labute approximate surface area is 224 Å². The Kier molecular flexibility index (Phi) is 7.30. The first-order valence-electron chi connectivity index (χ1n) is 12.9. The molecule has 202 valence electrons. The lowest BCUT2D eigenvalue weighted by Crippen LogP contribution is -2.45. The maximum Gasteiger partial charge on any atom is 0.404 e. The maximum atomic E-state index is 14.2. The highest BCUT2D eigenvalue weighted by atomic mass is 19.1. The van der Waals surface area contributed by atoms with Gasteiger partial charge in [-0.2, -0.15) is 0 Å². The highest BCUT2D eigenvalue weighted by Gasteiger charge is 2.28. The Morgan fingerprint density at radius 2 is 1.77 bits per heavy atom. The smallest absolute Gasteiger partial charge is 0.404 e. The van der Waals surface area contributed by atoms with Crippen molar-refractivity contribution in [2.75, 3.05) is 14.1 Å². The molecule has 1 amide bonds. The van der Waals surface area contributed by atoms with Crippen molar-refractivity contribution in [2.24, 2.45) is 0 Å². The fourth-order valence-corrected chi connectivity index (χ4v) is 5.38. The number of hydrogen-bond acceptors (Lipinski definition) is 5. The molecule has 5 rings (SSSR count). The maximum absolute atomic E-state index is 14.2. The first-order valence-corrected chi connectivity index (χ1v) is 12.9. The summed E-state index contributed by atoms with van der Waals surface area (Å²) in [5, 5.41) is 11.5. The van der Waals surface area contributed by atoms with Crippen molar-refractivity contribution < 1.29 is 14.3 Å². The van der Waals surface area contributed by atoms with Gasteiger partial charge in [-0.25, -0.2) is 23.5 Å². The summed E-state index contributed by atoms with van der Waals surface area (Å²) in [6.07, 6.45) is 1.75. The van der Waals surface area contributed by atoms with E-state index < -0.39 is 29.2 Å². The number of carbonyl (C=O) groups is 1. The molecule has 10 heteroatoms. The second-order valence-corrected chi connectivity index (χ2v) is 10.3. The number of aromatic nitrogens is 3. The largest absolute Gasteiger partial charge is 0.465 e. The lowest BCUT2D eigenvalue weighted by atomic mass is 9.91. The fraction of sp³-hybridized carbons (Fsp3) is 0.310. The average Bonchev–Trinajstić information content (AvgIpc) is 2.90. The normalized spacial score (nSPS) is 17.4. The number of benzene rings is 2. The first kappa shape index (κ1) is 26.3. The summed E-state index contributed by atoms with van der Waals surface area (Å²) in [6.45, 7) is 0.819. The minimum absolute atomic E-state index is 0.0128. The number of pyridine rings is 1. The molecule has 0 spiro atoms. The molecule has 0 unspecified atom stereocenters. The molecule has 39 heavy (non-hydrogen) atoms. The highest BCUT2D eigenvalue weighted by molar-refractivity contribution is 5.76. The van der Waals surface area contributed by atoms with E-state index in [1.54, 1.807) is 6.07 Å². The van der Waals surface area contributed by atoms with Crippen LogP contribution in [0.2, 0.25) is 0 Å². The quantitative estimate of drug-likeness (QED) is 0.387. The number of amides is 1. The topological polar surface area (TPSA) is 109 Å². The van der Waals surface area contributed by atoms with Crippen LogP contribution in [0, 0.1) is 5.82 Å². The number of hydrogen-bond donors (Lipinski definition) is 2. The third kappa shape index (κ3) is 5.46. The van der Waals surface area contributed by atoms with Gasteiger partial charge in [-0.3, -0.25) is 9.36 Å². The van der Waals surface area contributed by atoms with Gasteiger partial charge in [-0.1, -0.05) is 36.4 Å². The summed E-state index contributed by atoms with van der Waals surface area (Å²) in [5.41, 5.74) is 2.46. The predicted octanol–water partition coefficient (Wildman–Crippen LogP) is 4.17. The number of nitrogens with zero attached hydrogens (tertiary/aromatic N) is 4. The molecule has 0 aliphatic heterocycles. The van der Waals surface area contributed by atoms with Crippen molar-refractivity contribution in [2.45, 2.75) is 44.3 Å². The van der Waals surface area contributed by atoms with Crippen molar-refractivity contribution in [3.05, 3.63) is 93.0 Å². The van der Waals surface area contributed by atoms with Gasteiger partial charge in [-0.05, 0) is 74.7 Å². The van der Waals surface area contributed by atoms with Crippen molar-refractivity contribution in [3.8, 4) is 16.8 Å². The van der Waals surface area contributed by atoms with Crippen LogP contribution >= 0.6 is 0 Å². The van der Waals surface area contributed by atoms with Gasteiger partial charge in [-0.15, -0.1) is 0 Å². The molecule has 0 bridgehead atoms. The Morgan fingerprint density at radius 1 is 1.05 bits per heavy atom. The van der Waals surface area contributed by atoms with Crippen LogP contribution in [0.4, 0.5) is 9.18 Å². The first-order chi connectivity index (χ1) is 18.7. The average molecular weight is 532 g/mol. The zero-order valence-corrected chi connectivity index (χ0v) is 21.8. The summed E-state index contributed by atoms with van der Waals surface area (Å²) in [4.78, 5) is 44.7. The van der Waals surface area contributed by atoms with Gasteiger partial charge in [0, 0.05) is 18.6 Å². The van der Waals surface area contributed by atoms with E-state index >= 15 is 0 Å². The van der Waals surface area contributed by atoms with Gasteiger partial charge in [0.2, 0.25) is 0 Å². The fourth-order valence-electron chi connectivity index (χ4n) is 5.38. The standard InChI is InChI=1S/C29H30FN5O4/c1-33(2)17-18-6-8-19(9-7-18)20-4-3-5-24(14-20)34-26-25(15-21(30)16-31-26)27(36)35(29(34)39)23-12-10-22(11-13-23)32-28(37)38/h3-9,14-16,22-23,32H,10-13,17H2,1-2H3,(H,37,38)/t22-,23+. The molecule has 1 aliphatic rings. The van der Waals surface area contributed by atoms with Crippen LogP contribution < -0.4 is 16.6 Å². The van der Waals surface area contributed by atoms with Gasteiger partial charge < -0.3 is 15.3 Å². The molecule has 4 aromatic rings. The van der Waals surface area contributed by atoms with E-state index in [0.717, 1.165) is 29.9 Å². The third-order valence-electron chi connectivity index (χ3n) is 7.17. The number of fused-ring (bicyclic) bond motifs is 1. The van der Waals surface area contributed by atoms with Crippen LogP contribution in [0.5, 0.6) is 0 Å². The van der Waals surface area contributed by atoms with E-state index in [-0.39, 0.29) is 17.1 Å². The predicted molar refractivity (Wildman–Crippen MR) is 147 cm³/mol. The second-order valence-electron chi connectivity index (χ2n) is 10.3. The minimum Gasteiger partial charge on any atom is -0.465 e. The van der Waals surface area contributed by atoms with Crippen LogP contribution in [0.15, 0.2) is 70.4 Å².